The van der Waals surface area contributed by atoms with Crippen molar-refractivity contribution in [3.8, 4) is 0 Å². The first kappa shape index (κ1) is 15.2. The number of aromatic nitrogens is 3. The van der Waals surface area contributed by atoms with Crippen molar-refractivity contribution in [2.24, 2.45) is 0 Å². The van der Waals surface area contributed by atoms with Gasteiger partial charge in [-0.25, -0.2) is 4.98 Å². The smallest absolute Gasteiger partial charge is 0.272 e. The Bertz CT molecular complexity index is 682. The molecule has 0 spiro atoms. The molecule has 2 aromatic rings. The maximum Gasteiger partial charge on any atom is 0.272 e. The third-order valence-electron chi connectivity index (χ3n) is 4.98. The fourth-order valence-electron chi connectivity index (χ4n) is 3.67. The van der Waals surface area contributed by atoms with Gasteiger partial charge in [0.2, 0.25) is 0 Å². The van der Waals surface area contributed by atoms with Gasteiger partial charge in [-0.1, -0.05) is 6.07 Å². The summed E-state index contributed by atoms with van der Waals surface area (Å²) in [6.45, 7) is 0.937. The van der Waals surface area contributed by atoms with E-state index in [0.29, 0.717) is 11.7 Å². The predicted molar refractivity (Wildman–Crippen MR) is 91.9 cm³/mol. The lowest BCUT2D eigenvalue weighted by atomic mass is 9.91. The van der Waals surface area contributed by atoms with Crippen LogP contribution < -0.4 is 10.6 Å². The molecule has 126 valence electrons. The van der Waals surface area contributed by atoms with Crippen LogP contribution in [0.1, 0.15) is 48.3 Å². The predicted octanol–water partition coefficient (Wildman–Crippen LogP) is 2.38. The molecule has 24 heavy (non-hydrogen) atoms. The van der Waals surface area contributed by atoms with Gasteiger partial charge in [-0.2, -0.15) is 5.10 Å². The maximum absolute atomic E-state index is 12.4. The SMILES string of the molecule is O=C(NC1CCC(Nc2ccccn2)CC1)c1cc2n(n1)CCC2. The first-order valence-corrected chi connectivity index (χ1v) is 8.83. The van der Waals surface area contributed by atoms with Gasteiger partial charge in [0.25, 0.3) is 5.91 Å². The second-order valence-corrected chi connectivity index (χ2v) is 6.73. The highest BCUT2D eigenvalue weighted by Gasteiger charge is 2.24. The van der Waals surface area contributed by atoms with Crippen LogP contribution in [0.25, 0.3) is 0 Å². The minimum absolute atomic E-state index is 0.0296. The van der Waals surface area contributed by atoms with E-state index in [1.54, 1.807) is 6.20 Å². The molecule has 0 aromatic carbocycles. The lowest BCUT2D eigenvalue weighted by Crippen LogP contribution is -2.40. The number of pyridine rings is 1. The van der Waals surface area contributed by atoms with Crippen LogP contribution in [0, 0.1) is 0 Å². The fourth-order valence-corrected chi connectivity index (χ4v) is 3.67. The van der Waals surface area contributed by atoms with Crippen LogP contribution in [0.3, 0.4) is 0 Å². The van der Waals surface area contributed by atoms with Crippen molar-refractivity contribution in [1.82, 2.24) is 20.1 Å². The molecular formula is C18H23N5O. The molecule has 2 aliphatic rings. The molecule has 2 aromatic heterocycles. The highest BCUT2D eigenvalue weighted by molar-refractivity contribution is 5.92. The Kier molecular flexibility index (Phi) is 4.19. The van der Waals surface area contributed by atoms with E-state index in [2.05, 4.69) is 20.7 Å². The Labute approximate surface area is 141 Å². The van der Waals surface area contributed by atoms with Crippen LogP contribution in [0.15, 0.2) is 30.5 Å². The van der Waals surface area contributed by atoms with Crippen LogP contribution in [-0.4, -0.2) is 32.8 Å². The number of fused-ring (bicyclic) bond motifs is 1. The molecule has 1 aliphatic heterocycles. The zero-order chi connectivity index (χ0) is 16.4. The van der Waals surface area contributed by atoms with Crippen LogP contribution in [0.2, 0.25) is 0 Å². The lowest BCUT2D eigenvalue weighted by Gasteiger charge is -2.29. The van der Waals surface area contributed by atoms with E-state index in [0.717, 1.165) is 50.9 Å². The number of carbonyl (C=O) groups excluding carboxylic acids is 1. The number of aryl methyl sites for hydroxylation is 2. The monoisotopic (exact) mass is 325 g/mol. The minimum Gasteiger partial charge on any atom is -0.367 e. The maximum atomic E-state index is 12.4. The van der Waals surface area contributed by atoms with Crippen molar-refractivity contribution in [1.29, 1.82) is 0 Å². The summed E-state index contributed by atoms with van der Waals surface area (Å²) in [4.78, 5) is 16.7. The number of hydrogen-bond donors (Lipinski definition) is 2. The first-order valence-electron chi connectivity index (χ1n) is 8.83. The van der Waals surface area contributed by atoms with E-state index in [1.807, 2.05) is 28.9 Å². The summed E-state index contributed by atoms with van der Waals surface area (Å²) in [5.74, 6) is 0.899. The number of rotatable bonds is 4. The topological polar surface area (TPSA) is 71.8 Å². The number of nitrogens with one attached hydrogen (secondary N) is 2. The van der Waals surface area contributed by atoms with E-state index in [1.165, 1.54) is 5.69 Å². The Balaban J connectivity index is 1.27. The summed E-state index contributed by atoms with van der Waals surface area (Å²) in [7, 11) is 0. The molecule has 1 aliphatic carbocycles. The number of nitrogens with zero attached hydrogens (tertiary/aromatic N) is 3. The van der Waals surface area contributed by atoms with Crippen LogP contribution in [-0.2, 0) is 13.0 Å². The third kappa shape index (κ3) is 3.27. The molecule has 4 rings (SSSR count). The molecule has 0 unspecified atom stereocenters. The van der Waals surface area contributed by atoms with Gasteiger partial charge < -0.3 is 10.6 Å². The van der Waals surface area contributed by atoms with Crippen molar-refractivity contribution in [2.45, 2.75) is 57.2 Å². The molecule has 1 saturated carbocycles. The van der Waals surface area contributed by atoms with Gasteiger partial charge in [0.1, 0.15) is 11.5 Å². The number of hydrogen-bond acceptors (Lipinski definition) is 4. The summed E-state index contributed by atoms with van der Waals surface area (Å²) in [6.07, 6.45) is 8.04. The molecule has 3 heterocycles. The normalized spacial score (nSPS) is 22.8. The minimum atomic E-state index is -0.0296. The molecule has 1 fully saturated rings. The van der Waals surface area contributed by atoms with Gasteiger partial charge in [-0.15, -0.1) is 0 Å². The highest BCUT2D eigenvalue weighted by Crippen LogP contribution is 2.22. The third-order valence-corrected chi connectivity index (χ3v) is 4.98. The number of carbonyl (C=O) groups is 1. The van der Waals surface area contributed by atoms with Crippen molar-refractivity contribution >= 4 is 11.7 Å². The fraction of sp³-hybridized carbons (Fsp3) is 0.500. The van der Waals surface area contributed by atoms with E-state index in [9.17, 15) is 4.79 Å². The standard InChI is InChI=1S/C18H23N5O/c24-18(16-12-15-4-3-11-23(15)22-16)21-14-8-6-13(7-9-14)20-17-5-1-2-10-19-17/h1-2,5,10,12-14H,3-4,6-9,11H2,(H,19,20)(H,21,24). The second kappa shape index (κ2) is 6.63. The highest BCUT2D eigenvalue weighted by atomic mass is 16.2. The molecule has 0 radical (unpaired) electrons. The Morgan fingerprint density at radius 1 is 1.17 bits per heavy atom. The molecule has 6 nitrogen and oxygen atoms in total. The van der Waals surface area contributed by atoms with Crippen LogP contribution >= 0.6 is 0 Å². The summed E-state index contributed by atoms with van der Waals surface area (Å²) in [6, 6.07) is 8.52. The molecule has 1 amide bonds. The Morgan fingerprint density at radius 2 is 2.00 bits per heavy atom. The van der Waals surface area contributed by atoms with E-state index in [4.69, 9.17) is 0 Å². The summed E-state index contributed by atoms with van der Waals surface area (Å²) in [5, 5.41) is 11.0. The first-order chi connectivity index (χ1) is 11.8. The van der Waals surface area contributed by atoms with Gasteiger partial charge in [0.15, 0.2) is 0 Å². The van der Waals surface area contributed by atoms with Gasteiger partial charge in [0, 0.05) is 30.5 Å². The molecule has 0 saturated heterocycles. The van der Waals surface area contributed by atoms with Gasteiger partial charge in [0.05, 0.1) is 0 Å². The van der Waals surface area contributed by atoms with Crippen LogP contribution in [0.5, 0.6) is 0 Å². The lowest BCUT2D eigenvalue weighted by molar-refractivity contribution is 0.0920. The largest absolute Gasteiger partial charge is 0.367 e. The molecule has 6 heteroatoms. The Morgan fingerprint density at radius 3 is 2.75 bits per heavy atom. The summed E-state index contributed by atoms with van der Waals surface area (Å²) >= 11 is 0. The van der Waals surface area contributed by atoms with Crippen molar-refractivity contribution in [2.75, 3.05) is 5.32 Å². The van der Waals surface area contributed by atoms with Crippen molar-refractivity contribution in [3.63, 3.8) is 0 Å². The van der Waals surface area contributed by atoms with E-state index < -0.39 is 0 Å². The summed E-state index contributed by atoms with van der Waals surface area (Å²) in [5.41, 5.74) is 1.75. The molecule has 0 atom stereocenters. The number of amides is 1. The average Bonchev–Trinajstić information content (AvgIpc) is 3.19. The second-order valence-electron chi connectivity index (χ2n) is 6.73. The average molecular weight is 325 g/mol. The number of anilines is 1. The van der Waals surface area contributed by atoms with Crippen molar-refractivity contribution < 1.29 is 4.79 Å². The molecule has 0 bridgehead atoms. The van der Waals surface area contributed by atoms with Gasteiger partial charge in [-0.05, 0) is 56.7 Å². The van der Waals surface area contributed by atoms with E-state index >= 15 is 0 Å². The van der Waals surface area contributed by atoms with Gasteiger partial charge in [-0.3, -0.25) is 9.48 Å². The van der Waals surface area contributed by atoms with E-state index in [-0.39, 0.29) is 11.9 Å². The quantitative estimate of drug-likeness (QED) is 0.905. The van der Waals surface area contributed by atoms with Crippen LogP contribution in [0.4, 0.5) is 5.82 Å². The molecular weight excluding hydrogens is 302 g/mol. The summed E-state index contributed by atoms with van der Waals surface area (Å²) < 4.78 is 1.96. The Hall–Kier alpha value is -2.37. The van der Waals surface area contributed by atoms with Gasteiger partial charge >= 0.3 is 0 Å². The molecule has 2 N–H and O–H groups in total. The zero-order valence-corrected chi connectivity index (χ0v) is 13.7. The zero-order valence-electron chi connectivity index (χ0n) is 13.7. The van der Waals surface area contributed by atoms with Crippen molar-refractivity contribution in [3.05, 3.63) is 41.9 Å².